The molecule has 4 atom stereocenters. The van der Waals surface area contributed by atoms with E-state index in [4.69, 9.17) is 11.1 Å². The van der Waals surface area contributed by atoms with Gasteiger partial charge in [-0.15, -0.1) is 0 Å². The molecule has 162 valence electrons. The van der Waals surface area contributed by atoms with E-state index in [1.807, 2.05) is 4.90 Å². The molecule has 1 aromatic rings. The van der Waals surface area contributed by atoms with Gasteiger partial charge in [0, 0.05) is 30.0 Å². The summed E-state index contributed by atoms with van der Waals surface area (Å²) in [4.78, 5) is 12.7. The van der Waals surface area contributed by atoms with E-state index in [-0.39, 0.29) is 18.9 Å². The predicted octanol–water partition coefficient (Wildman–Crippen LogP) is -0.433. The van der Waals surface area contributed by atoms with Crippen LogP contribution in [0.15, 0.2) is 18.2 Å². The number of hydrogen-bond acceptors (Lipinski definition) is 9. The molecule has 0 aromatic heterocycles. The maximum atomic E-state index is 10.9. The van der Waals surface area contributed by atoms with Crippen molar-refractivity contribution in [3.8, 4) is 0 Å². The summed E-state index contributed by atoms with van der Waals surface area (Å²) < 4.78 is 0. The molecule has 1 fully saturated rings. The Labute approximate surface area is 170 Å². The van der Waals surface area contributed by atoms with Gasteiger partial charge in [-0.2, -0.15) is 0 Å². The number of hydrogen-bond donors (Lipinski definition) is 7. The number of piperidine rings is 1. The van der Waals surface area contributed by atoms with Crippen LogP contribution in [0.1, 0.15) is 31.2 Å². The average molecular weight is 408 g/mol. The first-order valence-electron chi connectivity index (χ1n) is 9.95. The van der Waals surface area contributed by atoms with Crippen LogP contribution in [0.3, 0.4) is 0 Å². The highest BCUT2D eigenvalue weighted by Crippen LogP contribution is 2.21. The van der Waals surface area contributed by atoms with Crippen molar-refractivity contribution in [3.63, 3.8) is 0 Å². The van der Waals surface area contributed by atoms with E-state index in [9.17, 15) is 25.2 Å². The van der Waals surface area contributed by atoms with Crippen LogP contribution in [0, 0.1) is 5.41 Å². The van der Waals surface area contributed by atoms with Gasteiger partial charge in [-0.25, -0.2) is 0 Å². The van der Waals surface area contributed by atoms with E-state index >= 15 is 0 Å². The number of aliphatic hydroxyl groups excluding tert-OH is 4. The molecule has 0 radical (unpaired) electrons. The Kier molecular flexibility index (Phi) is 8.99. The lowest BCUT2D eigenvalue weighted by Gasteiger charge is -2.43. The van der Waals surface area contributed by atoms with Gasteiger partial charge in [0.1, 0.15) is 17.9 Å². The fourth-order valence-corrected chi connectivity index (χ4v) is 3.65. The van der Waals surface area contributed by atoms with E-state index in [1.165, 1.54) is 0 Å². The molecule has 9 heteroatoms. The molecule has 0 bridgehead atoms. The molecular formula is C20H32N4O5. The molecule has 1 heterocycles. The van der Waals surface area contributed by atoms with Gasteiger partial charge in [0.05, 0.1) is 18.8 Å². The Balaban J connectivity index is 1.70. The Hall–Kier alpha value is -2.04. The second-order valence-corrected chi connectivity index (χ2v) is 7.47. The Morgan fingerprint density at radius 2 is 1.93 bits per heavy atom. The van der Waals surface area contributed by atoms with E-state index in [0.29, 0.717) is 36.3 Å². The van der Waals surface area contributed by atoms with Crippen molar-refractivity contribution >= 4 is 23.4 Å². The van der Waals surface area contributed by atoms with Crippen molar-refractivity contribution < 1.29 is 25.2 Å². The number of nitrogen functional groups attached to an aromatic ring is 1. The maximum absolute atomic E-state index is 10.9. The van der Waals surface area contributed by atoms with E-state index in [0.717, 1.165) is 25.7 Å². The first-order chi connectivity index (χ1) is 13.9. The lowest BCUT2D eigenvalue weighted by molar-refractivity contribution is -0.145. The minimum Gasteiger partial charge on any atom is -0.399 e. The van der Waals surface area contributed by atoms with Crippen LogP contribution in [0.5, 0.6) is 0 Å². The molecule has 1 aliphatic rings. The molecule has 2 unspecified atom stereocenters. The standard InChI is InChI=1S/C20H32N4O5/c21-13-5-6-16(14(9-13)15(22)11-25)23-7-3-1-2-4-8-24-10-18(27)20(29)19(28)17(24)12-26/h5-6,9,11,17-20,22-23,26-29H,1-4,7-8,10,12,21H2/t17?,18-,19+,20?/m0/s1. The van der Waals surface area contributed by atoms with Gasteiger partial charge < -0.3 is 31.5 Å². The molecule has 0 spiro atoms. The zero-order valence-corrected chi connectivity index (χ0v) is 16.5. The number of aliphatic hydroxyl groups is 4. The summed E-state index contributed by atoms with van der Waals surface area (Å²) in [5.74, 6) is 0. The third kappa shape index (κ3) is 6.22. The van der Waals surface area contributed by atoms with E-state index in [1.54, 1.807) is 18.2 Å². The number of anilines is 2. The van der Waals surface area contributed by atoms with Crippen molar-refractivity contribution in [2.75, 3.05) is 37.3 Å². The summed E-state index contributed by atoms with van der Waals surface area (Å²) in [7, 11) is 0. The van der Waals surface area contributed by atoms with Crippen LogP contribution in [-0.4, -0.2) is 87.9 Å². The largest absolute Gasteiger partial charge is 0.399 e. The number of nitrogens with zero attached hydrogens (tertiary/aromatic N) is 1. The SMILES string of the molecule is N=C(C=O)c1cc(N)ccc1NCCCCCCN1C[C@H](O)C(O)[C@H](O)C1CO. The number of unbranched alkanes of at least 4 members (excludes halogenated alkanes) is 3. The third-order valence-corrected chi connectivity index (χ3v) is 5.36. The predicted molar refractivity (Wildman–Crippen MR) is 111 cm³/mol. The molecule has 1 saturated heterocycles. The van der Waals surface area contributed by atoms with Crippen LogP contribution < -0.4 is 11.1 Å². The van der Waals surface area contributed by atoms with Crippen LogP contribution in [0.4, 0.5) is 11.4 Å². The molecule has 2 rings (SSSR count). The van der Waals surface area contributed by atoms with Crippen molar-refractivity contribution in [1.82, 2.24) is 4.90 Å². The van der Waals surface area contributed by atoms with Crippen LogP contribution >= 0.6 is 0 Å². The van der Waals surface area contributed by atoms with Gasteiger partial charge in [0.15, 0.2) is 6.29 Å². The normalized spacial score (nSPS) is 25.0. The van der Waals surface area contributed by atoms with E-state index < -0.39 is 24.4 Å². The van der Waals surface area contributed by atoms with Gasteiger partial charge in [0.2, 0.25) is 0 Å². The van der Waals surface area contributed by atoms with Gasteiger partial charge in [-0.05, 0) is 37.6 Å². The highest BCUT2D eigenvalue weighted by Gasteiger charge is 2.40. The number of β-amino-alcohol motifs (C(OH)–C–C–N with tert-alkyl or cyclic N) is 1. The number of nitrogens with two attached hydrogens (primary N) is 1. The van der Waals surface area contributed by atoms with Crippen LogP contribution in [0.25, 0.3) is 0 Å². The molecule has 0 amide bonds. The summed E-state index contributed by atoms with van der Waals surface area (Å²) in [5.41, 5.74) is 7.30. The zero-order chi connectivity index (χ0) is 21.4. The summed E-state index contributed by atoms with van der Waals surface area (Å²) >= 11 is 0. The number of benzene rings is 1. The average Bonchev–Trinajstić information content (AvgIpc) is 2.71. The lowest BCUT2D eigenvalue weighted by atomic mass is 9.94. The number of nitrogens with one attached hydrogen (secondary N) is 2. The number of likely N-dealkylation sites (tertiary alicyclic amines) is 1. The minimum absolute atomic E-state index is 0.116. The topological polar surface area (TPSA) is 163 Å². The molecule has 0 saturated carbocycles. The Bertz CT molecular complexity index is 687. The smallest absolute Gasteiger partial charge is 0.168 e. The monoisotopic (exact) mass is 408 g/mol. The molecule has 8 N–H and O–H groups in total. The van der Waals surface area contributed by atoms with Crippen LogP contribution in [-0.2, 0) is 4.79 Å². The number of aldehydes is 1. The summed E-state index contributed by atoms with van der Waals surface area (Å²) in [6.07, 6.45) is 0.711. The van der Waals surface area contributed by atoms with Gasteiger partial charge in [0.25, 0.3) is 0 Å². The molecule has 29 heavy (non-hydrogen) atoms. The molecule has 1 aromatic carbocycles. The quantitative estimate of drug-likeness (QED) is 0.112. The van der Waals surface area contributed by atoms with Gasteiger partial charge in [-0.3, -0.25) is 15.1 Å². The molecule has 1 aliphatic heterocycles. The van der Waals surface area contributed by atoms with Crippen molar-refractivity contribution in [2.45, 2.75) is 50.0 Å². The fourth-order valence-electron chi connectivity index (χ4n) is 3.65. The lowest BCUT2D eigenvalue weighted by Crippen LogP contribution is -2.62. The van der Waals surface area contributed by atoms with Crippen molar-refractivity contribution in [2.24, 2.45) is 0 Å². The van der Waals surface area contributed by atoms with Gasteiger partial charge in [-0.1, -0.05) is 12.8 Å². The highest BCUT2D eigenvalue weighted by atomic mass is 16.4. The first kappa shape index (κ1) is 23.2. The second kappa shape index (κ2) is 11.2. The minimum atomic E-state index is -1.23. The molecule has 9 nitrogen and oxygen atoms in total. The third-order valence-electron chi connectivity index (χ3n) is 5.36. The number of carbonyl (C=O) groups is 1. The second-order valence-electron chi connectivity index (χ2n) is 7.47. The van der Waals surface area contributed by atoms with Crippen LogP contribution in [0.2, 0.25) is 0 Å². The number of carbonyl (C=O) groups excluding carboxylic acids is 1. The summed E-state index contributed by atoms with van der Waals surface area (Å²) in [6, 6.07) is 4.53. The Morgan fingerprint density at radius 1 is 1.21 bits per heavy atom. The van der Waals surface area contributed by atoms with E-state index in [2.05, 4.69) is 5.32 Å². The summed E-state index contributed by atoms with van der Waals surface area (Å²) in [5, 5.41) is 50.0. The molecular weight excluding hydrogens is 376 g/mol. The summed E-state index contributed by atoms with van der Waals surface area (Å²) in [6.45, 7) is 1.27. The van der Waals surface area contributed by atoms with Crippen molar-refractivity contribution in [1.29, 1.82) is 5.41 Å². The molecule has 0 aliphatic carbocycles. The highest BCUT2D eigenvalue weighted by molar-refractivity contribution is 6.36. The Morgan fingerprint density at radius 3 is 2.62 bits per heavy atom. The van der Waals surface area contributed by atoms with Crippen molar-refractivity contribution in [3.05, 3.63) is 23.8 Å². The first-order valence-corrected chi connectivity index (χ1v) is 9.95. The maximum Gasteiger partial charge on any atom is 0.168 e. The fraction of sp³-hybridized carbons (Fsp3) is 0.600. The van der Waals surface area contributed by atoms with Gasteiger partial charge >= 0.3 is 0 Å². The number of rotatable bonds is 11. The zero-order valence-electron chi connectivity index (χ0n) is 16.5.